The van der Waals surface area contributed by atoms with Crippen LogP contribution in [0.4, 0.5) is 4.79 Å². The molecular formula is C18H25N3O4Si. The van der Waals surface area contributed by atoms with Crippen molar-refractivity contribution in [1.82, 2.24) is 9.88 Å². The minimum atomic E-state index is -2.32. The molecule has 0 saturated carbocycles. The van der Waals surface area contributed by atoms with Gasteiger partial charge in [0.05, 0.1) is 0 Å². The number of nitrogens with zero attached hydrogens (tertiary/aromatic N) is 2. The molecule has 0 aliphatic rings. The van der Waals surface area contributed by atoms with Crippen molar-refractivity contribution in [2.24, 2.45) is 5.73 Å². The van der Waals surface area contributed by atoms with Gasteiger partial charge in [0.1, 0.15) is 5.52 Å². The van der Waals surface area contributed by atoms with E-state index in [4.69, 9.17) is 10.2 Å². The molecule has 1 heterocycles. The van der Waals surface area contributed by atoms with E-state index in [2.05, 4.69) is 4.98 Å². The lowest BCUT2D eigenvalue weighted by Gasteiger charge is -2.22. The van der Waals surface area contributed by atoms with Gasteiger partial charge in [0.2, 0.25) is 5.91 Å². The zero-order valence-electron chi connectivity index (χ0n) is 15.4. The first-order valence-electron chi connectivity index (χ1n) is 8.76. The maximum atomic E-state index is 12.8. The molecule has 2 N–H and O–H groups in total. The molecular weight excluding hydrogens is 350 g/mol. The molecule has 0 aliphatic heterocycles. The van der Waals surface area contributed by atoms with Crippen LogP contribution in [0.3, 0.4) is 0 Å². The third-order valence-corrected chi connectivity index (χ3v) is 7.22. The number of hydrogen-bond acceptors (Lipinski definition) is 5. The van der Waals surface area contributed by atoms with E-state index >= 15 is 0 Å². The van der Waals surface area contributed by atoms with Crippen LogP contribution in [0.2, 0.25) is 19.1 Å². The fourth-order valence-electron chi connectivity index (χ4n) is 2.41. The number of aromatic nitrogens is 1. The molecule has 0 bridgehead atoms. The van der Waals surface area contributed by atoms with Gasteiger partial charge in [-0.15, -0.1) is 0 Å². The largest absolute Gasteiger partial charge is 0.432 e. The van der Waals surface area contributed by atoms with Crippen LogP contribution in [0.5, 0.6) is 0 Å². The lowest BCUT2D eigenvalue weighted by Crippen LogP contribution is -2.44. The molecule has 140 valence electrons. The van der Waals surface area contributed by atoms with E-state index in [1.807, 2.05) is 20.0 Å². The molecule has 1 aromatic carbocycles. The Balaban J connectivity index is 2.18. The van der Waals surface area contributed by atoms with E-state index in [1.165, 1.54) is 4.90 Å². The van der Waals surface area contributed by atoms with Crippen LogP contribution in [0.25, 0.3) is 11.1 Å². The molecule has 0 unspecified atom stereocenters. The summed E-state index contributed by atoms with van der Waals surface area (Å²) in [6.07, 6.45) is 1.64. The van der Waals surface area contributed by atoms with Gasteiger partial charge in [0.15, 0.2) is 19.2 Å². The topological polar surface area (TPSA) is 106 Å². The van der Waals surface area contributed by atoms with Gasteiger partial charge in [-0.2, -0.15) is 0 Å². The number of imide groups is 1. The van der Waals surface area contributed by atoms with Crippen LogP contribution in [0.1, 0.15) is 36.9 Å². The fourth-order valence-corrected chi connectivity index (χ4v) is 3.50. The number of oxazole rings is 1. The zero-order valence-corrected chi connectivity index (χ0v) is 16.4. The molecule has 0 aliphatic carbocycles. The van der Waals surface area contributed by atoms with Crippen molar-refractivity contribution >= 4 is 36.5 Å². The van der Waals surface area contributed by atoms with E-state index in [1.54, 1.807) is 24.3 Å². The summed E-state index contributed by atoms with van der Waals surface area (Å²) in [4.78, 5) is 42.3. The minimum Gasteiger partial charge on any atom is -0.432 e. The number of nitrogens with two attached hydrogens (primary N) is 1. The number of rotatable bonds is 8. The Kier molecular flexibility index (Phi) is 6.31. The van der Waals surface area contributed by atoms with E-state index in [9.17, 15) is 14.4 Å². The van der Waals surface area contributed by atoms with Crippen molar-refractivity contribution in [3.63, 3.8) is 0 Å². The first-order valence-corrected chi connectivity index (χ1v) is 12.0. The van der Waals surface area contributed by atoms with Crippen LogP contribution < -0.4 is 5.73 Å². The summed E-state index contributed by atoms with van der Waals surface area (Å²) in [6, 6.07) is 7.46. The number of hydrogen-bond donors (Lipinski definition) is 1. The summed E-state index contributed by atoms with van der Waals surface area (Å²) in [6.45, 7) is 5.92. The zero-order chi connectivity index (χ0) is 19.3. The summed E-state index contributed by atoms with van der Waals surface area (Å²) in [5.74, 6) is -0.965. The second-order valence-corrected chi connectivity index (χ2v) is 11.7. The number of primary amides is 1. The Hall–Kier alpha value is -2.48. The molecule has 2 rings (SSSR count). The molecule has 0 radical (unpaired) electrons. The third-order valence-electron chi connectivity index (χ3n) is 4.39. The molecule has 0 atom stereocenters. The van der Waals surface area contributed by atoms with Crippen LogP contribution in [-0.4, -0.2) is 41.8 Å². The number of carbonyl (C=O) groups is 3. The second-order valence-electron chi connectivity index (χ2n) is 6.94. The van der Waals surface area contributed by atoms with Gasteiger partial charge in [-0.25, -0.2) is 4.98 Å². The quantitative estimate of drug-likeness (QED) is 0.712. The lowest BCUT2D eigenvalue weighted by atomic mass is 10.3. The van der Waals surface area contributed by atoms with Crippen LogP contribution in [-0.2, 0) is 4.79 Å². The molecule has 3 amide bonds. The van der Waals surface area contributed by atoms with E-state index in [0.29, 0.717) is 30.1 Å². The predicted octanol–water partition coefficient (Wildman–Crippen LogP) is 3.36. The molecule has 0 saturated heterocycles. The van der Waals surface area contributed by atoms with Crippen LogP contribution >= 0.6 is 0 Å². The summed E-state index contributed by atoms with van der Waals surface area (Å²) >= 11 is 0. The number of amides is 3. The molecule has 1 aromatic heterocycles. The Morgan fingerprint density at radius 3 is 2.54 bits per heavy atom. The van der Waals surface area contributed by atoms with E-state index in [-0.39, 0.29) is 23.7 Å². The monoisotopic (exact) mass is 375 g/mol. The summed E-state index contributed by atoms with van der Waals surface area (Å²) in [7, 11) is -2.32. The molecule has 8 heteroatoms. The number of benzene rings is 1. The van der Waals surface area contributed by atoms with Gasteiger partial charge in [-0.3, -0.25) is 19.3 Å². The Bertz CT molecular complexity index is 783. The van der Waals surface area contributed by atoms with Crippen molar-refractivity contribution in [2.75, 3.05) is 6.54 Å². The third kappa shape index (κ3) is 4.57. The Labute approximate surface area is 153 Å². The highest BCUT2D eigenvalue weighted by atomic mass is 28.3. The van der Waals surface area contributed by atoms with Gasteiger partial charge < -0.3 is 10.2 Å². The first-order chi connectivity index (χ1) is 12.3. The number of fused-ring (bicyclic) bond motifs is 1. The average molecular weight is 376 g/mol. The fraction of sp³-hybridized carbons (Fsp3) is 0.444. The first kappa shape index (κ1) is 19.8. The van der Waals surface area contributed by atoms with Crippen molar-refractivity contribution in [3.05, 3.63) is 30.2 Å². The van der Waals surface area contributed by atoms with Gasteiger partial charge >= 0.3 is 5.91 Å². The number of para-hydroxylation sites is 2. The highest BCUT2D eigenvalue weighted by molar-refractivity contribution is 7.04. The highest BCUT2D eigenvalue weighted by Crippen LogP contribution is 2.18. The second kappa shape index (κ2) is 8.26. The Morgan fingerprint density at radius 1 is 1.23 bits per heavy atom. The maximum absolute atomic E-state index is 12.8. The highest BCUT2D eigenvalue weighted by Gasteiger charge is 2.32. The summed E-state index contributed by atoms with van der Waals surface area (Å²) in [5.41, 5.74) is 6.15. The maximum Gasteiger partial charge on any atom is 0.316 e. The predicted molar refractivity (Wildman–Crippen MR) is 101 cm³/mol. The SMILES string of the molecule is CCCCN(C(=O)CC[Si](C)(C)C(N)=O)C(=O)c1nc2ccccc2o1. The lowest BCUT2D eigenvalue weighted by molar-refractivity contribution is -0.128. The average Bonchev–Trinajstić information content (AvgIpc) is 3.04. The van der Waals surface area contributed by atoms with Crippen molar-refractivity contribution < 1.29 is 18.8 Å². The Morgan fingerprint density at radius 2 is 1.92 bits per heavy atom. The standard InChI is InChI=1S/C18H25N3O4Si/c1-4-5-11-21(15(22)10-12-26(2,3)18(19)24)17(23)16-20-13-8-6-7-9-14(13)25-16/h6-9H,4-5,10-12H2,1-3H3,(H2,19,24). The van der Waals surface area contributed by atoms with Crippen molar-refractivity contribution in [3.8, 4) is 0 Å². The van der Waals surface area contributed by atoms with Crippen molar-refractivity contribution in [2.45, 2.75) is 45.3 Å². The smallest absolute Gasteiger partial charge is 0.316 e. The molecule has 7 nitrogen and oxygen atoms in total. The number of carbonyl (C=O) groups excluding carboxylic acids is 3. The normalized spacial score (nSPS) is 11.5. The molecule has 2 aromatic rings. The molecule has 0 spiro atoms. The minimum absolute atomic E-state index is 0.0953. The van der Waals surface area contributed by atoms with Gasteiger partial charge in [-0.1, -0.05) is 38.6 Å². The van der Waals surface area contributed by atoms with Gasteiger partial charge in [0.25, 0.3) is 5.89 Å². The summed E-state index contributed by atoms with van der Waals surface area (Å²) < 4.78 is 5.50. The number of unbranched alkanes of at least 4 members (excludes halogenated alkanes) is 1. The van der Waals surface area contributed by atoms with Crippen molar-refractivity contribution in [1.29, 1.82) is 0 Å². The molecule has 0 fully saturated rings. The van der Waals surface area contributed by atoms with Gasteiger partial charge in [0, 0.05) is 13.0 Å². The van der Waals surface area contributed by atoms with E-state index < -0.39 is 14.0 Å². The van der Waals surface area contributed by atoms with Gasteiger partial charge in [-0.05, 0) is 24.6 Å². The van der Waals surface area contributed by atoms with Crippen LogP contribution in [0.15, 0.2) is 28.7 Å². The van der Waals surface area contributed by atoms with Crippen LogP contribution in [0, 0.1) is 0 Å². The summed E-state index contributed by atoms with van der Waals surface area (Å²) in [5, 5.41) is 0. The molecule has 26 heavy (non-hydrogen) atoms. The van der Waals surface area contributed by atoms with E-state index in [0.717, 1.165) is 6.42 Å².